The molecular formula is C34H27N5O8S. The lowest BCUT2D eigenvalue weighted by Crippen LogP contribution is -2.31. The molecule has 3 N–H and O–H groups in total. The third-order valence-corrected chi connectivity index (χ3v) is 8.92. The summed E-state index contributed by atoms with van der Waals surface area (Å²) in [6, 6.07) is 25.4. The number of amides is 1. The van der Waals surface area contributed by atoms with Gasteiger partial charge in [-0.05, 0) is 76.2 Å². The van der Waals surface area contributed by atoms with Crippen LogP contribution in [0.5, 0.6) is 5.75 Å². The van der Waals surface area contributed by atoms with Gasteiger partial charge in [0.2, 0.25) is 5.16 Å². The topological polar surface area (TPSA) is 175 Å². The second kappa shape index (κ2) is 13.4. The number of benzene rings is 4. The normalized spacial score (nSPS) is 18.7. The van der Waals surface area contributed by atoms with Crippen LogP contribution < -0.4 is 5.32 Å². The number of phenolic OH excluding ortho intramolecular Hbond substituents is 1. The zero-order valence-electron chi connectivity index (χ0n) is 25.1. The molecule has 0 aliphatic carbocycles. The van der Waals surface area contributed by atoms with E-state index in [1.54, 1.807) is 47.1 Å². The monoisotopic (exact) mass is 665 g/mol. The van der Waals surface area contributed by atoms with Crippen molar-refractivity contribution in [1.29, 1.82) is 0 Å². The van der Waals surface area contributed by atoms with Crippen molar-refractivity contribution in [3.8, 4) is 11.4 Å². The number of thioether (sulfide) groups is 1. The van der Waals surface area contributed by atoms with Gasteiger partial charge in [0.25, 0.3) is 5.91 Å². The van der Waals surface area contributed by atoms with Gasteiger partial charge in [0, 0.05) is 29.0 Å². The van der Waals surface area contributed by atoms with Crippen molar-refractivity contribution in [1.82, 2.24) is 20.2 Å². The summed E-state index contributed by atoms with van der Waals surface area (Å²) in [7, 11) is 0. The van der Waals surface area contributed by atoms with Gasteiger partial charge in [-0.25, -0.2) is 9.59 Å². The molecule has 48 heavy (non-hydrogen) atoms. The van der Waals surface area contributed by atoms with Crippen molar-refractivity contribution >= 4 is 35.3 Å². The molecule has 3 atom stereocenters. The molecule has 0 bridgehead atoms. The summed E-state index contributed by atoms with van der Waals surface area (Å²) in [5.74, 6) is -1.38. The number of rotatable bonds is 9. The van der Waals surface area contributed by atoms with Gasteiger partial charge in [-0.15, -0.1) is 5.10 Å². The zero-order chi connectivity index (χ0) is 33.2. The van der Waals surface area contributed by atoms with E-state index in [2.05, 4.69) is 25.6 Å². The number of aromatic nitrogens is 4. The van der Waals surface area contributed by atoms with E-state index in [0.717, 1.165) is 11.1 Å². The Balaban J connectivity index is 1.10. The number of hydrogen-bond donors (Lipinski definition) is 3. The quantitative estimate of drug-likeness (QED) is 0.112. The number of carbonyl (C=O) groups excluding carboxylic acids is 3. The predicted molar refractivity (Wildman–Crippen MR) is 171 cm³/mol. The third-order valence-electron chi connectivity index (χ3n) is 7.87. The minimum absolute atomic E-state index is 0.0458. The van der Waals surface area contributed by atoms with Gasteiger partial charge in [-0.2, -0.15) is 4.68 Å². The number of ether oxygens (including phenoxy) is 3. The van der Waals surface area contributed by atoms with Crippen LogP contribution in [0.2, 0.25) is 0 Å². The maximum absolute atomic E-state index is 13.1. The van der Waals surface area contributed by atoms with E-state index < -0.39 is 24.1 Å². The molecule has 1 unspecified atom stereocenters. The number of hydrogen-bond acceptors (Lipinski definition) is 12. The smallest absolute Gasteiger partial charge is 0.346 e. The van der Waals surface area contributed by atoms with Crippen LogP contribution >= 0.6 is 11.8 Å². The number of anilines is 1. The highest BCUT2D eigenvalue weighted by atomic mass is 32.2. The van der Waals surface area contributed by atoms with E-state index in [9.17, 15) is 24.6 Å². The van der Waals surface area contributed by atoms with Crippen LogP contribution in [0.15, 0.2) is 96.2 Å². The first-order valence-electron chi connectivity index (χ1n) is 14.9. The summed E-state index contributed by atoms with van der Waals surface area (Å²) < 4.78 is 19.1. The van der Waals surface area contributed by atoms with Crippen LogP contribution in [0.25, 0.3) is 5.69 Å². The van der Waals surface area contributed by atoms with E-state index in [1.165, 1.54) is 30.0 Å². The molecule has 0 saturated carbocycles. The van der Waals surface area contributed by atoms with Crippen LogP contribution in [0.1, 0.15) is 66.6 Å². The molecule has 1 fully saturated rings. The molecule has 7 rings (SSSR count). The van der Waals surface area contributed by atoms with Crippen molar-refractivity contribution in [3.63, 3.8) is 0 Å². The van der Waals surface area contributed by atoms with Gasteiger partial charge in [0.05, 0.1) is 35.6 Å². The number of carbonyl (C=O) groups is 3. The Labute approximate surface area is 277 Å². The van der Waals surface area contributed by atoms with Gasteiger partial charge in [0.1, 0.15) is 5.75 Å². The fraction of sp³-hybridized carbons (Fsp3) is 0.176. The summed E-state index contributed by atoms with van der Waals surface area (Å²) in [5.41, 5.74) is 3.89. The van der Waals surface area contributed by atoms with Crippen LogP contribution in [0.4, 0.5) is 5.69 Å². The summed E-state index contributed by atoms with van der Waals surface area (Å²) in [5, 5.41) is 34.7. The maximum atomic E-state index is 13.1. The fourth-order valence-electron chi connectivity index (χ4n) is 5.41. The minimum Gasteiger partial charge on any atom is -0.508 e. The number of esters is 2. The van der Waals surface area contributed by atoms with Crippen LogP contribution in [-0.2, 0) is 20.8 Å². The van der Waals surface area contributed by atoms with Crippen molar-refractivity contribution < 1.29 is 38.8 Å². The number of fused-ring (bicyclic) bond motifs is 1. The first-order valence-corrected chi connectivity index (χ1v) is 15.9. The number of nitrogens with one attached hydrogen (secondary N) is 1. The molecule has 4 aromatic carbocycles. The average Bonchev–Trinajstić information content (AvgIpc) is 3.70. The summed E-state index contributed by atoms with van der Waals surface area (Å²) in [4.78, 5) is 36.9. The Hall–Kier alpha value is -5.41. The van der Waals surface area contributed by atoms with Crippen molar-refractivity contribution in [2.75, 3.05) is 11.1 Å². The number of cyclic esters (lactones) is 2. The summed E-state index contributed by atoms with van der Waals surface area (Å²) >= 11 is 1.42. The minimum atomic E-state index is -0.794. The average molecular weight is 666 g/mol. The standard InChI is InChI=1S/C34H27N5O8S/c40-17-19-4-6-20(7-5-19)29-16-26(18-48-34-36-37-38-39(34)24-9-11-25(41)12-10-24)45-33(46-29)22-2-1-3-23(14-22)35-30(42)21-8-13-27-28(15-21)32(44)47-31(27)43/h1-15,26,29,33,40-41H,16-18H2,(H,35,42)/t26-,29+,33?/m0/s1. The Kier molecular flexibility index (Phi) is 8.69. The van der Waals surface area contributed by atoms with E-state index in [1.807, 2.05) is 30.3 Å². The van der Waals surface area contributed by atoms with Gasteiger partial charge < -0.3 is 29.7 Å². The Morgan fingerprint density at radius 2 is 1.71 bits per heavy atom. The molecule has 2 aliphatic rings. The van der Waals surface area contributed by atoms with Crippen LogP contribution in [0.3, 0.4) is 0 Å². The Bertz CT molecular complexity index is 2000. The predicted octanol–water partition coefficient (Wildman–Crippen LogP) is 4.76. The van der Waals surface area contributed by atoms with Crippen molar-refractivity contribution in [3.05, 3.63) is 124 Å². The molecule has 5 aromatic rings. The number of phenols is 1. The first kappa shape index (κ1) is 31.2. The Morgan fingerprint density at radius 1 is 0.917 bits per heavy atom. The molecule has 13 nitrogen and oxygen atoms in total. The van der Waals surface area contributed by atoms with E-state index >= 15 is 0 Å². The second-order valence-electron chi connectivity index (χ2n) is 11.1. The largest absolute Gasteiger partial charge is 0.508 e. The van der Waals surface area contributed by atoms with E-state index in [4.69, 9.17) is 9.47 Å². The molecule has 1 saturated heterocycles. The van der Waals surface area contributed by atoms with Crippen molar-refractivity contribution in [2.45, 2.75) is 36.7 Å². The highest BCUT2D eigenvalue weighted by Crippen LogP contribution is 2.40. The number of aromatic hydroxyl groups is 1. The molecule has 0 spiro atoms. The lowest BCUT2D eigenvalue weighted by Gasteiger charge is -2.36. The zero-order valence-corrected chi connectivity index (χ0v) is 25.9. The number of aliphatic hydroxyl groups is 1. The van der Waals surface area contributed by atoms with Gasteiger partial charge in [-0.3, -0.25) is 4.79 Å². The molecule has 14 heteroatoms. The highest BCUT2D eigenvalue weighted by Gasteiger charge is 2.33. The van der Waals surface area contributed by atoms with Gasteiger partial charge in [0.15, 0.2) is 6.29 Å². The third kappa shape index (κ3) is 6.55. The molecule has 0 radical (unpaired) electrons. The molecule has 2 aliphatic heterocycles. The fourth-order valence-corrected chi connectivity index (χ4v) is 6.32. The van der Waals surface area contributed by atoms with E-state index in [-0.39, 0.29) is 41.3 Å². The molecule has 1 aromatic heterocycles. The number of aliphatic hydroxyl groups excluding tert-OH is 1. The van der Waals surface area contributed by atoms with Crippen LogP contribution in [0, 0.1) is 0 Å². The second-order valence-corrected chi connectivity index (χ2v) is 12.1. The first-order chi connectivity index (χ1) is 23.3. The highest BCUT2D eigenvalue weighted by molar-refractivity contribution is 7.99. The maximum Gasteiger partial charge on any atom is 0.346 e. The number of tetrazole rings is 1. The van der Waals surface area contributed by atoms with E-state index in [0.29, 0.717) is 34.3 Å². The number of nitrogens with zero attached hydrogens (tertiary/aromatic N) is 4. The Morgan fingerprint density at radius 3 is 2.50 bits per heavy atom. The SMILES string of the molecule is O=C(Nc1cccc(C2O[C@H](CSc3nnnn3-c3ccc(O)cc3)C[C@H](c3ccc(CO)cc3)O2)c1)c1ccc2c(c1)C(=O)OC2=O. The van der Waals surface area contributed by atoms with Gasteiger partial charge in [-0.1, -0.05) is 48.2 Å². The van der Waals surface area contributed by atoms with Gasteiger partial charge >= 0.3 is 11.9 Å². The summed E-state index contributed by atoms with van der Waals surface area (Å²) in [6.45, 7) is -0.0707. The lowest BCUT2D eigenvalue weighted by molar-refractivity contribution is -0.245. The molecule has 1 amide bonds. The summed E-state index contributed by atoms with van der Waals surface area (Å²) in [6.07, 6.45) is -0.907. The van der Waals surface area contributed by atoms with Crippen molar-refractivity contribution in [2.24, 2.45) is 0 Å². The molecular weight excluding hydrogens is 638 g/mol. The molecule has 242 valence electrons. The van der Waals surface area contributed by atoms with Crippen LogP contribution in [-0.4, -0.2) is 60.1 Å². The molecule has 3 heterocycles. The lowest BCUT2D eigenvalue weighted by atomic mass is 10.0.